The van der Waals surface area contributed by atoms with Gasteiger partial charge in [-0.2, -0.15) is 0 Å². The van der Waals surface area contributed by atoms with Crippen LogP contribution >= 0.6 is 0 Å². The zero-order valence-corrected chi connectivity index (χ0v) is 12.5. The average molecular weight is 259 g/mol. The van der Waals surface area contributed by atoms with Gasteiger partial charge in [-0.1, -0.05) is 33.8 Å². The molecule has 0 radical (unpaired) electrons. The molecule has 0 bridgehead atoms. The minimum absolute atomic E-state index is 0.0851. The molecule has 1 aliphatic rings. The molecular weight excluding hydrogens is 234 g/mol. The lowest BCUT2D eigenvalue weighted by Gasteiger charge is -2.26. The van der Waals surface area contributed by atoms with Gasteiger partial charge in [0.25, 0.3) is 5.91 Å². The van der Waals surface area contributed by atoms with Crippen LogP contribution < -0.4 is 5.32 Å². The Hall–Kier alpha value is -1.31. The summed E-state index contributed by atoms with van der Waals surface area (Å²) in [6, 6.07) is 6.57. The van der Waals surface area contributed by atoms with E-state index in [1.165, 1.54) is 17.5 Å². The summed E-state index contributed by atoms with van der Waals surface area (Å²) in [4.78, 5) is 12.2. The molecule has 1 fully saturated rings. The first-order chi connectivity index (χ1) is 8.99. The summed E-state index contributed by atoms with van der Waals surface area (Å²) in [6.45, 7) is 8.79. The predicted octanol–water partition coefficient (Wildman–Crippen LogP) is 4.22. The predicted molar refractivity (Wildman–Crippen MR) is 79.7 cm³/mol. The Bertz CT molecular complexity index is 458. The summed E-state index contributed by atoms with van der Waals surface area (Å²) in [5, 5.41) is 3.11. The van der Waals surface area contributed by atoms with E-state index >= 15 is 0 Å². The van der Waals surface area contributed by atoms with Crippen molar-refractivity contribution in [2.75, 3.05) is 0 Å². The zero-order valence-electron chi connectivity index (χ0n) is 12.5. The number of carbonyl (C=O) groups excluding carboxylic acids is 1. The van der Waals surface area contributed by atoms with Crippen molar-refractivity contribution in [3.05, 3.63) is 34.9 Å². The molecule has 0 saturated heterocycles. The van der Waals surface area contributed by atoms with E-state index in [2.05, 4.69) is 45.1 Å². The molecule has 0 heterocycles. The minimum atomic E-state index is 0.0851. The van der Waals surface area contributed by atoms with Gasteiger partial charge in [0, 0.05) is 11.6 Å². The van der Waals surface area contributed by atoms with Crippen molar-refractivity contribution in [3.63, 3.8) is 0 Å². The Morgan fingerprint density at radius 3 is 2.21 bits per heavy atom. The van der Waals surface area contributed by atoms with Gasteiger partial charge in [-0.15, -0.1) is 0 Å². The Morgan fingerprint density at radius 2 is 1.74 bits per heavy atom. The first-order valence-corrected chi connectivity index (χ1v) is 7.43. The number of amides is 1. The smallest absolute Gasteiger partial charge is 0.251 e. The van der Waals surface area contributed by atoms with Gasteiger partial charge in [0.05, 0.1) is 0 Å². The van der Waals surface area contributed by atoms with Crippen molar-refractivity contribution < 1.29 is 4.79 Å². The molecule has 19 heavy (non-hydrogen) atoms. The second kappa shape index (κ2) is 5.77. The van der Waals surface area contributed by atoms with Crippen LogP contribution in [0.2, 0.25) is 0 Å². The highest BCUT2D eigenvalue weighted by Crippen LogP contribution is 2.27. The van der Waals surface area contributed by atoms with E-state index in [0.29, 0.717) is 17.9 Å². The topological polar surface area (TPSA) is 29.1 Å². The summed E-state index contributed by atoms with van der Waals surface area (Å²) in [5.74, 6) is 1.04. The first-order valence-electron chi connectivity index (χ1n) is 7.43. The van der Waals surface area contributed by atoms with E-state index in [0.717, 1.165) is 18.4 Å². The number of rotatable bonds is 4. The SMILES string of the molecule is CC(C)c1ccc(C(=O)NC2CCC2)cc1C(C)C. The van der Waals surface area contributed by atoms with Crippen molar-refractivity contribution in [1.29, 1.82) is 0 Å². The molecule has 1 amide bonds. The fourth-order valence-electron chi connectivity index (χ4n) is 2.56. The van der Waals surface area contributed by atoms with Gasteiger partial charge in [0.15, 0.2) is 0 Å². The third-order valence-electron chi connectivity index (χ3n) is 4.03. The van der Waals surface area contributed by atoms with E-state index < -0.39 is 0 Å². The van der Waals surface area contributed by atoms with Gasteiger partial charge in [-0.3, -0.25) is 4.79 Å². The molecule has 1 N–H and O–H groups in total. The molecule has 104 valence electrons. The molecule has 1 aromatic carbocycles. The summed E-state index contributed by atoms with van der Waals surface area (Å²) < 4.78 is 0. The molecule has 0 spiro atoms. The molecule has 0 aliphatic heterocycles. The summed E-state index contributed by atoms with van der Waals surface area (Å²) in [6.07, 6.45) is 3.51. The maximum absolute atomic E-state index is 12.2. The van der Waals surface area contributed by atoms with Crippen LogP contribution in [0.1, 0.15) is 80.3 Å². The lowest BCUT2D eigenvalue weighted by atomic mass is 9.88. The summed E-state index contributed by atoms with van der Waals surface area (Å²) in [7, 11) is 0. The number of benzene rings is 1. The molecule has 2 nitrogen and oxygen atoms in total. The monoisotopic (exact) mass is 259 g/mol. The normalized spacial score (nSPS) is 15.7. The molecule has 1 saturated carbocycles. The molecule has 1 aliphatic carbocycles. The maximum Gasteiger partial charge on any atom is 0.251 e. The fourth-order valence-corrected chi connectivity index (χ4v) is 2.56. The second-order valence-corrected chi connectivity index (χ2v) is 6.25. The van der Waals surface area contributed by atoms with Crippen LogP contribution in [0.25, 0.3) is 0 Å². The maximum atomic E-state index is 12.2. The van der Waals surface area contributed by atoms with Crippen molar-refractivity contribution >= 4 is 5.91 Å². The third-order valence-corrected chi connectivity index (χ3v) is 4.03. The number of nitrogens with one attached hydrogen (secondary N) is 1. The van der Waals surface area contributed by atoms with Gasteiger partial charge in [-0.05, 0) is 54.4 Å². The first kappa shape index (κ1) is 14.1. The fraction of sp³-hybridized carbons (Fsp3) is 0.588. The molecule has 0 aromatic heterocycles. The molecule has 0 atom stereocenters. The van der Waals surface area contributed by atoms with Gasteiger partial charge in [-0.25, -0.2) is 0 Å². The van der Waals surface area contributed by atoms with E-state index in [1.54, 1.807) is 0 Å². The van der Waals surface area contributed by atoms with E-state index in [1.807, 2.05) is 6.07 Å². The number of hydrogen-bond donors (Lipinski definition) is 1. The van der Waals surface area contributed by atoms with Gasteiger partial charge < -0.3 is 5.32 Å². The van der Waals surface area contributed by atoms with Crippen LogP contribution in [0.4, 0.5) is 0 Å². The lowest BCUT2D eigenvalue weighted by Crippen LogP contribution is -2.39. The minimum Gasteiger partial charge on any atom is -0.349 e. The van der Waals surface area contributed by atoms with Crippen LogP contribution in [0.15, 0.2) is 18.2 Å². The zero-order chi connectivity index (χ0) is 14.0. The Labute approximate surface area is 116 Å². The molecule has 2 rings (SSSR count). The number of carbonyl (C=O) groups is 1. The van der Waals surface area contributed by atoms with E-state index in [4.69, 9.17) is 0 Å². The largest absolute Gasteiger partial charge is 0.349 e. The van der Waals surface area contributed by atoms with Crippen molar-refractivity contribution in [2.45, 2.75) is 64.8 Å². The summed E-state index contributed by atoms with van der Waals surface area (Å²) >= 11 is 0. The van der Waals surface area contributed by atoms with E-state index in [9.17, 15) is 4.79 Å². The Balaban J connectivity index is 2.21. The van der Waals surface area contributed by atoms with Crippen LogP contribution in [0.5, 0.6) is 0 Å². The molecule has 0 unspecified atom stereocenters. The Kier molecular flexibility index (Phi) is 4.28. The average Bonchev–Trinajstić information content (AvgIpc) is 2.32. The number of hydrogen-bond acceptors (Lipinski definition) is 1. The highest BCUT2D eigenvalue weighted by molar-refractivity contribution is 5.94. The van der Waals surface area contributed by atoms with Crippen LogP contribution in [0.3, 0.4) is 0 Å². The molecule has 2 heteroatoms. The van der Waals surface area contributed by atoms with Crippen molar-refractivity contribution in [1.82, 2.24) is 5.32 Å². The summed E-state index contributed by atoms with van der Waals surface area (Å²) in [5.41, 5.74) is 3.46. The van der Waals surface area contributed by atoms with Crippen LogP contribution in [-0.2, 0) is 0 Å². The van der Waals surface area contributed by atoms with Crippen molar-refractivity contribution in [3.8, 4) is 0 Å². The molecular formula is C17H25NO. The van der Waals surface area contributed by atoms with Gasteiger partial charge in [0.1, 0.15) is 0 Å². The quantitative estimate of drug-likeness (QED) is 0.862. The Morgan fingerprint density at radius 1 is 1.11 bits per heavy atom. The lowest BCUT2D eigenvalue weighted by molar-refractivity contribution is 0.0917. The highest BCUT2D eigenvalue weighted by Gasteiger charge is 2.21. The second-order valence-electron chi connectivity index (χ2n) is 6.25. The standard InChI is InChI=1S/C17H25NO/c1-11(2)15-9-8-13(10-16(15)12(3)4)17(19)18-14-6-5-7-14/h8-12,14H,5-7H2,1-4H3,(H,18,19). The van der Waals surface area contributed by atoms with Gasteiger partial charge >= 0.3 is 0 Å². The van der Waals surface area contributed by atoms with Crippen LogP contribution in [-0.4, -0.2) is 11.9 Å². The highest BCUT2D eigenvalue weighted by atomic mass is 16.1. The van der Waals surface area contributed by atoms with Crippen LogP contribution in [0, 0.1) is 0 Å². The van der Waals surface area contributed by atoms with E-state index in [-0.39, 0.29) is 5.91 Å². The molecule has 1 aromatic rings. The third kappa shape index (κ3) is 3.17. The van der Waals surface area contributed by atoms with Crippen molar-refractivity contribution in [2.24, 2.45) is 0 Å². The van der Waals surface area contributed by atoms with Gasteiger partial charge in [0.2, 0.25) is 0 Å².